The van der Waals surface area contributed by atoms with E-state index >= 15 is 0 Å². The minimum atomic E-state index is -0.635. The van der Waals surface area contributed by atoms with E-state index in [2.05, 4.69) is 22.5 Å². The summed E-state index contributed by atoms with van der Waals surface area (Å²) in [5, 5.41) is 9.68. The number of hydrogen-bond acceptors (Lipinski definition) is 8. The highest BCUT2D eigenvalue weighted by Gasteiger charge is 2.28. The highest BCUT2D eigenvalue weighted by atomic mass is 79.9. The Morgan fingerprint density at radius 2 is 1.85 bits per heavy atom. The van der Waals surface area contributed by atoms with Crippen LogP contribution in [0.1, 0.15) is 49.9 Å². The van der Waals surface area contributed by atoms with E-state index < -0.39 is 17.7 Å². The van der Waals surface area contributed by atoms with Crippen molar-refractivity contribution in [2.75, 3.05) is 19.8 Å². The molecule has 0 amide bonds. The maximum Gasteiger partial charge on any atom is 0.348 e. The summed E-state index contributed by atoms with van der Waals surface area (Å²) in [5.74, 6) is -1.25. The molecule has 0 atom stereocenters. The molecule has 0 saturated heterocycles. The minimum Gasteiger partial charge on any atom is -0.489 e. The Labute approximate surface area is 210 Å². The van der Waals surface area contributed by atoms with Gasteiger partial charge in [0.25, 0.3) is 0 Å². The highest BCUT2D eigenvalue weighted by molar-refractivity contribution is 9.10. The number of nitriles is 1. The number of Topliss-reactive ketones (excluding diaryl/α,β-unsaturated/α-hetero) is 1. The van der Waals surface area contributed by atoms with Gasteiger partial charge in [-0.25, -0.2) is 9.59 Å². The number of rotatable bonds is 11. The van der Waals surface area contributed by atoms with Gasteiger partial charge in [0, 0.05) is 21.3 Å². The summed E-state index contributed by atoms with van der Waals surface area (Å²) < 4.78 is 16.6. The molecule has 0 fully saturated rings. The number of carbonyl (C=O) groups is 3. The summed E-state index contributed by atoms with van der Waals surface area (Å²) >= 11 is 4.37. The van der Waals surface area contributed by atoms with Crippen LogP contribution in [-0.4, -0.2) is 37.5 Å². The number of carbonyl (C=O) groups excluding carboxylic acids is 3. The van der Waals surface area contributed by atoms with Crippen molar-refractivity contribution >= 4 is 51.1 Å². The van der Waals surface area contributed by atoms with Gasteiger partial charge in [-0.15, -0.1) is 11.3 Å². The Balaban J connectivity index is 2.47. The van der Waals surface area contributed by atoms with E-state index in [0.717, 1.165) is 15.8 Å². The van der Waals surface area contributed by atoms with Crippen molar-refractivity contribution in [3.63, 3.8) is 0 Å². The van der Waals surface area contributed by atoms with Crippen LogP contribution in [0, 0.1) is 18.3 Å². The zero-order chi connectivity index (χ0) is 25.3. The van der Waals surface area contributed by atoms with Crippen molar-refractivity contribution < 1.29 is 28.6 Å². The topological polar surface area (TPSA) is 103 Å². The number of benzene rings is 1. The summed E-state index contributed by atoms with van der Waals surface area (Å²) in [7, 11) is 0. The molecule has 7 nitrogen and oxygen atoms in total. The van der Waals surface area contributed by atoms with Gasteiger partial charge in [0.2, 0.25) is 0 Å². The molecule has 0 unspecified atom stereocenters. The molecule has 1 heterocycles. The number of nitrogens with zero attached hydrogens (tertiary/aromatic N) is 1. The maximum absolute atomic E-state index is 13.1. The Morgan fingerprint density at radius 3 is 2.47 bits per heavy atom. The van der Waals surface area contributed by atoms with Gasteiger partial charge < -0.3 is 14.2 Å². The van der Waals surface area contributed by atoms with E-state index in [-0.39, 0.29) is 42.3 Å². The average molecular weight is 546 g/mol. The predicted molar refractivity (Wildman–Crippen MR) is 133 cm³/mol. The van der Waals surface area contributed by atoms with Crippen LogP contribution < -0.4 is 4.74 Å². The smallest absolute Gasteiger partial charge is 0.348 e. The van der Waals surface area contributed by atoms with Crippen molar-refractivity contribution in [3.05, 3.63) is 67.3 Å². The second-order valence-corrected chi connectivity index (χ2v) is 8.87. The van der Waals surface area contributed by atoms with E-state index in [1.54, 1.807) is 45.0 Å². The van der Waals surface area contributed by atoms with E-state index in [9.17, 15) is 19.6 Å². The second kappa shape index (κ2) is 12.9. The molecule has 1 aromatic carbocycles. The molecule has 0 aliphatic carbocycles. The van der Waals surface area contributed by atoms with Crippen LogP contribution in [0.25, 0.3) is 6.08 Å². The molecule has 0 aliphatic heterocycles. The Kier molecular flexibility index (Phi) is 10.2. The van der Waals surface area contributed by atoms with Gasteiger partial charge in [-0.2, -0.15) is 5.26 Å². The number of esters is 2. The lowest BCUT2D eigenvalue weighted by Gasteiger charge is -2.09. The van der Waals surface area contributed by atoms with Gasteiger partial charge in [-0.3, -0.25) is 4.79 Å². The summed E-state index contributed by atoms with van der Waals surface area (Å²) in [6, 6.07) is 7.15. The molecule has 34 heavy (non-hydrogen) atoms. The number of ketones is 1. The predicted octanol–water partition coefficient (Wildman–Crippen LogP) is 5.46. The first-order valence-electron chi connectivity index (χ1n) is 10.4. The molecule has 178 valence electrons. The number of halogens is 1. The van der Waals surface area contributed by atoms with Crippen LogP contribution >= 0.6 is 27.3 Å². The molecule has 0 N–H and O–H groups in total. The monoisotopic (exact) mass is 545 g/mol. The quantitative estimate of drug-likeness (QED) is 0.160. The van der Waals surface area contributed by atoms with Gasteiger partial charge in [0.15, 0.2) is 5.78 Å². The molecule has 2 aromatic rings. The maximum atomic E-state index is 13.1. The lowest BCUT2D eigenvalue weighted by atomic mass is 10.0. The van der Waals surface area contributed by atoms with Crippen LogP contribution in [-0.2, 0) is 20.7 Å². The van der Waals surface area contributed by atoms with Gasteiger partial charge >= 0.3 is 11.9 Å². The minimum absolute atomic E-state index is 0.125. The fraction of sp³-hybridized carbons (Fsp3) is 0.280. The lowest BCUT2D eigenvalue weighted by Crippen LogP contribution is -2.12. The second-order valence-electron chi connectivity index (χ2n) is 6.85. The number of allylic oxidation sites excluding steroid dienone is 1. The molecule has 2 rings (SSSR count). The largest absolute Gasteiger partial charge is 0.489 e. The van der Waals surface area contributed by atoms with E-state index in [1.165, 1.54) is 6.08 Å². The van der Waals surface area contributed by atoms with E-state index in [4.69, 9.17) is 14.2 Å². The molecule has 9 heteroatoms. The zero-order valence-corrected chi connectivity index (χ0v) is 21.5. The third-order valence-corrected chi connectivity index (χ3v) is 6.30. The van der Waals surface area contributed by atoms with Crippen molar-refractivity contribution in [2.45, 2.75) is 27.2 Å². The normalized spacial score (nSPS) is 10.9. The van der Waals surface area contributed by atoms with Crippen LogP contribution in [0.2, 0.25) is 0 Å². The number of ether oxygens (including phenoxy) is 3. The van der Waals surface area contributed by atoms with Gasteiger partial charge in [0.1, 0.15) is 23.3 Å². The van der Waals surface area contributed by atoms with Crippen LogP contribution in [0.15, 0.2) is 40.9 Å². The first kappa shape index (κ1) is 27.0. The average Bonchev–Trinajstić information content (AvgIpc) is 3.12. The molecule has 0 aliphatic rings. The summed E-state index contributed by atoms with van der Waals surface area (Å²) in [4.78, 5) is 38.6. The third-order valence-electron chi connectivity index (χ3n) is 4.53. The van der Waals surface area contributed by atoms with Crippen LogP contribution in [0.3, 0.4) is 0 Å². The number of hydrogen-bond donors (Lipinski definition) is 0. The summed E-state index contributed by atoms with van der Waals surface area (Å²) in [6.07, 6.45) is 2.76. The van der Waals surface area contributed by atoms with Crippen LogP contribution in [0.5, 0.6) is 5.75 Å². The molecular formula is C25H24BrNO6S. The van der Waals surface area contributed by atoms with Gasteiger partial charge in [-0.1, -0.05) is 28.6 Å². The van der Waals surface area contributed by atoms with Crippen molar-refractivity contribution in [2.24, 2.45) is 0 Å². The third kappa shape index (κ3) is 6.65. The molecule has 0 spiro atoms. The molecule has 0 bridgehead atoms. The Morgan fingerprint density at radius 1 is 1.18 bits per heavy atom. The molecule has 0 saturated carbocycles. The lowest BCUT2D eigenvalue weighted by molar-refractivity contribution is -0.114. The van der Waals surface area contributed by atoms with E-state index in [1.807, 2.05) is 6.07 Å². The summed E-state index contributed by atoms with van der Waals surface area (Å²) in [6.45, 7) is 9.13. The summed E-state index contributed by atoms with van der Waals surface area (Å²) in [5.41, 5.74) is 0.943. The van der Waals surface area contributed by atoms with Crippen molar-refractivity contribution in [3.8, 4) is 11.8 Å². The van der Waals surface area contributed by atoms with Crippen molar-refractivity contribution in [1.29, 1.82) is 5.26 Å². The fourth-order valence-corrected chi connectivity index (χ4v) is 4.61. The van der Waals surface area contributed by atoms with Gasteiger partial charge in [0.05, 0.1) is 24.4 Å². The van der Waals surface area contributed by atoms with Crippen LogP contribution in [0.4, 0.5) is 0 Å². The SMILES string of the molecule is C=CCOc1ccc(Br)cc1/C=C(\C#N)C(=O)Cc1sc(C(=O)OCC)c(C)c1C(=O)OCC. The highest BCUT2D eigenvalue weighted by Crippen LogP contribution is 2.32. The molecule has 0 radical (unpaired) electrons. The zero-order valence-electron chi connectivity index (χ0n) is 19.1. The Hall–Kier alpha value is -3.22. The standard InChI is InChI=1S/C25H24BrNO6S/c1-5-10-33-20-9-8-18(26)12-16(20)11-17(14-27)19(28)13-21-22(24(29)31-6-2)15(4)23(34-21)25(30)32-7-3/h5,8-9,11-12H,1,6-7,10,13H2,2-4H3/b17-11+. The fourth-order valence-electron chi connectivity index (χ4n) is 3.04. The van der Waals surface area contributed by atoms with Gasteiger partial charge in [-0.05, 0) is 50.6 Å². The first-order chi connectivity index (χ1) is 16.3. The Bertz CT molecular complexity index is 1170. The molecular weight excluding hydrogens is 522 g/mol. The van der Waals surface area contributed by atoms with E-state index in [0.29, 0.717) is 21.8 Å². The van der Waals surface area contributed by atoms with Crippen molar-refractivity contribution in [1.82, 2.24) is 0 Å². The number of thiophene rings is 1. The first-order valence-corrected chi connectivity index (χ1v) is 12.0. The molecule has 1 aromatic heterocycles.